The molecule has 3 aromatic rings. The van der Waals surface area contributed by atoms with E-state index in [0.717, 1.165) is 21.6 Å². The van der Waals surface area contributed by atoms with Gasteiger partial charge in [0.15, 0.2) is 0 Å². The number of hydrogen-bond acceptors (Lipinski definition) is 6. The molecule has 0 bridgehead atoms. The van der Waals surface area contributed by atoms with E-state index in [1.54, 1.807) is 12.1 Å². The predicted octanol–water partition coefficient (Wildman–Crippen LogP) is 6.27. The number of imide groups is 1. The van der Waals surface area contributed by atoms with Gasteiger partial charge in [-0.25, -0.2) is 14.1 Å². The summed E-state index contributed by atoms with van der Waals surface area (Å²) in [5.41, 5.74) is 2.31. The molecule has 1 fully saturated rings. The van der Waals surface area contributed by atoms with Gasteiger partial charge in [0.2, 0.25) is 14.2 Å². The predicted molar refractivity (Wildman–Crippen MR) is 151 cm³/mol. The third-order valence-corrected chi connectivity index (χ3v) is 7.66. The van der Waals surface area contributed by atoms with Crippen LogP contribution in [0.3, 0.4) is 0 Å². The highest BCUT2D eigenvalue weighted by atomic mass is 28.4. The Kier molecular flexibility index (Phi) is 9.04. The molecule has 210 valence electrons. The van der Waals surface area contributed by atoms with Crippen molar-refractivity contribution < 1.29 is 32.7 Å². The molecule has 0 aromatic heterocycles. The van der Waals surface area contributed by atoms with Gasteiger partial charge in [-0.2, -0.15) is 0 Å². The number of hydrogen-bond donors (Lipinski definition) is 0. The molecule has 1 heterocycles. The highest BCUT2D eigenvalue weighted by Gasteiger charge is 2.44. The summed E-state index contributed by atoms with van der Waals surface area (Å²) < 4.78 is 30.1. The first-order chi connectivity index (χ1) is 19.1. The number of carbonyl (C=O) groups is 3. The van der Waals surface area contributed by atoms with Crippen LogP contribution in [0.25, 0.3) is 0 Å². The molecule has 0 radical (unpaired) electrons. The van der Waals surface area contributed by atoms with Crippen LogP contribution in [0.5, 0.6) is 5.75 Å². The average Bonchev–Trinajstić information content (AvgIpc) is 3.32. The van der Waals surface area contributed by atoms with Gasteiger partial charge in [-0.1, -0.05) is 54.6 Å². The molecule has 1 unspecified atom stereocenters. The van der Waals surface area contributed by atoms with Crippen LogP contribution in [0.1, 0.15) is 35.1 Å². The van der Waals surface area contributed by atoms with Crippen LogP contribution in [-0.2, 0) is 25.5 Å². The van der Waals surface area contributed by atoms with Gasteiger partial charge in [-0.3, -0.25) is 9.59 Å². The van der Waals surface area contributed by atoms with Crippen molar-refractivity contribution in [3.63, 3.8) is 0 Å². The molecule has 4 rings (SSSR count). The van der Waals surface area contributed by atoms with E-state index in [-0.39, 0.29) is 18.8 Å². The lowest BCUT2D eigenvalue weighted by atomic mass is 9.78. The van der Waals surface area contributed by atoms with Crippen LogP contribution in [0.4, 0.5) is 9.18 Å². The second kappa shape index (κ2) is 12.5. The first kappa shape index (κ1) is 29.0. The number of esters is 1. The Morgan fingerprint density at radius 2 is 1.65 bits per heavy atom. The molecule has 0 N–H and O–H groups in total. The van der Waals surface area contributed by atoms with Gasteiger partial charge in [-0.05, 0) is 67.0 Å². The fraction of sp³-hybridized carbons (Fsp3) is 0.323. The van der Waals surface area contributed by atoms with E-state index < -0.39 is 44.2 Å². The molecular formula is C31H34FNO6Si. The van der Waals surface area contributed by atoms with Crippen molar-refractivity contribution in [1.29, 1.82) is 0 Å². The molecule has 3 aromatic carbocycles. The van der Waals surface area contributed by atoms with E-state index in [1.165, 1.54) is 19.2 Å². The summed E-state index contributed by atoms with van der Waals surface area (Å²) in [5.74, 6) is -2.27. The summed E-state index contributed by atoms with van der Waals surface area (Å²) in [4.78, 5) is 40.9. The van der Waals surface area contributed by atoms with Crippen molar-refractivity contribution in [3.8, 4) is 5.75 Å². The normalized spacial score (nSPS) is 16.7. The van der Waals surface area contributed by atoms with Crippen LogP contribution in [0.2, 0.25) is 19.6 Å². The van der Waals surface area contributed by atoms with E-state index in [1.807, 2.05) is 54.6 Å². The maximum atomic E-state index is 14.2. The van der Waals surface area contributed by atoms with Gasteiger partial charge in [0.05, 0.1) is 19.4 Å². The van der Waals surface area contributed by atoms with E-state index in [2.05, 4.69) is 19.6 Å². The number of nitrogens with zero attached hydrogens (tertiary/aromatic N) is 1. The lowest BCUT2D eigenvalue weighted by Gasteiger charge is -2.31. The highest BCUT2D eigenvalue weighted by molar-refractivity contribution is 6.70. The van der Waals surface area contributed by atoms with Crippen molar-refractivity contribution in [1.82, 2.24) is 4.90 Å². The second-order valence-electron chi connectivity index (χ2n) is 10.8. The Hall–Kier alpha value is -3.98. The summed E-state index contributed by atoms with van der Waals surface area (Å²) in [6.45, 7) is 6.27. The number of carbonyl (C=O) groups excluding carboxylic acids is 3. The van der Waals surface area contributed by atoms with Gasteiger partial charge in [-0.15, -0.1) is 0 Å². The van der Waals surface area contributed by atoms with E-state index in [4.69, 9.17) is 13.9 Å². The van der Waals surface area contributed by atoms with Gasteiger partial charge < -0.3 is 13.9 Å². The summed E-state index contributed by atoms with van der Waals surface area (Å²) in [7, 11) is -0.588. The number of methoxy groups -OCH3 is 1. The minimum Gasteiger partial charge on any atom is -0.544 e. The summed E-state index contributed by atoms with van der Waals surface area (Å²) in [6.07, 6.45) is -0.686. The van der Waals surface area contributed by atoms with Gasteiger partial charge >= 0.3 is 12.1 Å². The molecule has 3 atom stereocenters. The fourth-order valence-electron chi connectivity index (χ4n) is 4.93. The SMILES string of the molecule is COC(=O)CC(C(=O)N1C(=O)OC[C@@H]1c1ccccc1)[C@H](Cc1ccc(F)cc1)c1ccc(O[Si](C)(C)C)cc1. The lowest BCUT2D eigenvalue weighted by Crippen LogP contribution is -2.42. The number of benzene rings is 3. The topological polar surface area (TPSA) is 82.1 Å². The first-order valence-corrected chi connectivity index (χ1v) is 16.6. The highest BCUT2D eigenvalue weighted by Crippen LogP contribution is 2.38. The third kappa shape index (κ3) is 7.15. The van der Waals surface area contributed by atoms with E-state index >= 15 is 0 Å². The monoisotopic (exact) mass is 563 g/mol. The summed E-state index contributed by atoms with van der Waals surface area (Å²) >= 11 is 0. The largest absolute Gasteiger partial charge is 0.544 e. The number of rotatable bonds is 10. The lowest BCUT2D eigenvalue weighted by molar-refractivity contribution is -0.146. The molecule has 2 amide bonds. The Labute approximate surface area is 235 Å². The standard InChI is InChI=1S/C31H34FNO6Si/c1-37-29(34)19-27(30(35)33-28(20-38-31(33)36)23-8-6-5-7-9-23)26(18-21-10-14-24(32)15-11-21)22-12-16-25(17-13-22)39-40(2,3)4/h5-17,26-28H,18-20H2,1-4H3/t26-,27?,28-/m1/s1. The molecule has 1 saturated heterocycles. The quantitative estimate of drug-likeness (QED) is 0.214. The Balaban J connectivity index is 1.76. The van der Waals surface area contributed by atoms with Crippen molar-refractivity contribution in [3.05, 3.63) is 101 Å². The molecule has 0 spiro atoms. The van der Waals surface area contributed by atoms with E-state index in [9.17, 15) is 18.8 Å². The first-order valence-electron chi connectivity index (χ1n) is 13.2. The number of halogens is 1. The zero-order valence-corrected chi connectivity index (χ0v) is 24.1. The van der Waals surface area contributed by atoms with Gasteiger partial charge in [0.25, 0.3) is 0 Å². The number of amides is 2. The van der Waals surface area contributed by atoms with Crippen molar-refractivity contribution in [2.45, 2.75) is 44.4 Å². The molecule has 7 nitrogen and oxygen atoms in total. The zero-order chi connectivity index (χ0) is 28.9. The zero-order valence-electron chi connectivity index (χ0n) is 23.1. The van der Waals surface area contributed by atoms with Gasteiger partial charge in [0.1, 0.15) is 24.2 Å². The van der Waals surface area contributed by atoms with Crippen LogP contribution >= 0.6 is 0 Å². The van der Waals surface area contributed by atoms with Crippen LogP contribution < -0.4 is 4.43 Å². The van der Waals surface area contributed by atoms with Crippen LogP contribution in [0.15, 0.2) is 78.9 Å². The smallest absolute Gasteiger partial charge is 0.417 e. The molecule has 0 saturated carbocycles. The average molecular weight is 564 g/mol. The number of cyclic esters (lactones) is 1. The maximum absolute atomic E-state index is 14.2. The van der Waals surface area contributed by atoms with Crippen molar-refractivity contribution in [2.75, 3.05) is 13.7 Å². The van der Waals surface area contributed by atoms with E-state index in [0.29, 0.717) is 12.2 Å². The minimum absolute atomic E-state index is 0.0187. The Morgan fingerprint density at radius 3 is 2.25 bits per heavy atom. The number of ether oxygens (including phenoxy) is 2. The Morgan fingerprint density at radius 1 is 1.00 bits per heavy atom. The van der Waals surface area contributed by atoms with Gasteiger partial charge in [0, 0.05) is 5.92 Å². The summed E-state index contributed by atoms with van der Waals surface area (Å²) in [5, 5.41) is 0. The molecule has 9 heteroatoms. The molecule has 40 heavy (non-hydrogen) atoms. The third-order valence-electron chi connectivity index (χ3n) is 6.81. The molecule has 0 aliphatic carbocycles. The van der Waals surface area contributed by atoms with Crippen LogP contribution in [-0.4, -0.2) is 44.9 Å². The maximum Gasteiger partial charge on any atom is 0.417 e. The van der Waals surface area contributed by atoms with Crippen LogP contribution in [0, 0.1) is 11.7 Å². The molecule has 1 aliphatic heterocycles. The fourth-order valence-corrected chi connectivity index (χ4v) is 5.78. The molecular weight excluding hydrogens is 529 g/mol. The van der Waals surface area contributed by atoms with Crippen molar-refractivity contribution in [2.24, 2.45) is 5.92 Å². The minimum atomic E-state index is -1.85. The summed E-state index contributed by atoms with van der Waals surface area (Å²) in [6, 6.07) is 22.0. The van der Waals surface area contributed by atoms with Crippen molar-refractivity contribution >= 4 is 26.3 Å². The molecule has 1 aliphatic rings. The Bertz CT molecular complexity index is 1320. The second-order valence-corrected chi connectivity index (χ2v) is 15.2.